The number of anilines is 2. The van der Waals surface area contributed by atoms with Crippen molar-refractivity contribution in [2.24, 2.45) is 10.2 Å². The maximum absolute atomic E-state index is 13.2. The minimum Gasteiger partial charge on any atom is -0.331 e. The van der Waals surface area contributed by atoms with Crippen molar-refractivity contribution >= 4 is 66.3 Å². The number of fused-ring (bicyclic) bond motifs is 1. The summed E-state index contributed by atoms with van der Waals surface area (Å²) >= 11 is 8.73. The van der Waals surface area contributed by atoms with Crippen LogP contribution in [0.5, 0.6) is 0 Å². The highest BCUT2D eigenvalue weighted by Crippen LogP contribution is 2.33. The second-order valence-electron chi connectivity index (χ2n) is 7.13. The lowest BCUT2D eigenvalue weighted by molar-refractivity contribution is -0.112. The molecule has 0 bridgehead atoms. The van der Waals surface area contributed by atoms with Crippen molar-refractivity contribution in [3.8, 4) is 0 Å². The predicted molar refractivity (Wildman–Crippen MR) is 135 cm³/mol. The Kier molecular flexibility index (Phi) is 6.56. The number of sulfonamides is 1. The molecule has 33 heavy (non-hydrogen) atoms. The van der Waals surface area contributed by atoms with Gasteiger partial charge in [-0.3, -0.25) is 10.2 Å². The largest absolute Gasteiger partial charge is 0.331 e. The molecule has 0 aliphatic carbocycles. The molecule has 0 aromatic heterocycles. The van der Waals surface area contributed by atoms with Gasteiger partial charge in [0.05, 0.1) is 17.1 Å². The van der Waals surface area contributed by atoms with Crippen LogP contribution in [0.25, 0.3) is 0 Å². The Hall–Kier alpha value is -3.12. The van der Waals surface area contributed by atoms with Gasteiger partial charge in [0.1, 0.15) is 0 Å². The first-order valence-electron chi connectivity index (χ1n) is 9.65. The molecule has 3 aromatic rings. The zero-order chi connectivity index (χ0) is 23.6. The fourth-order valence-corrected chi connectivity index (χ4v) is 4.33. The summed E-state index contributed by atoms with van der Waals surface area (Å²) in [5, 5.41) is 12.4. The standard InChI is InChI=1S/C22H18BrN5O3S2/c23-15-6-11-18-19(12-15)28(13-14-4-2-1-3-5-14)21(29)20(18)26-27-22(32)25-16-7-9-17(10-8-16)33(24,30)31/h1-12H,13H2,(H2,24,30,31)(H2,25,27,32). The molecule has 1 aliphatic rings. The maximum Gasteiger partial charge on any atom is 0.279 e. The zero-order valence-electron chi connectivity index (χ0n) is 17.0. The van der Waals surface area contributed by atoms with Crippen LogP contribution in [0.15, 0.2) is 87.3 Å². The number of nitrogens with one attached hydrogen (secondary N) is 2. The van der Waals surface area contributed by atoms with Gasteiger partial charge in [-0.1, -0.05) is 46.3 Å². The summed E-state index contributed by atoms with van der Waals surface area (Å²) in [4.78, 5) is 14.8. The molecule has 168 valence electrons. The molecule has 3 aromatic carbocycles. The molecular weight excluding hydrogens is 526 g/mol. The highest BCUT2D eigenvalue weighted by molar-refractivity contribution is 9.10. The van der Waals surface area contributed by atoms with Crippen LogP contribution in [0, 0.1) is 0 Å². The van der Waals surface area contributed by atoms with Gasteiger partial charge < -0.3 is 10.2 Å². The topological polar surface area (TPSA) is 117 Å². The molecule has 1 aliphatic heterocycles. The third-order valence-corrected chi connectivity index (χ3v) is 6.46. The monoisotopic (exact) mass is 543 g/mol. The van der Waals surface area contributed by atoms with E-state index >= 15 is 0 Å². The summed E-state index contributed by atoms with van der Waals surface area (Å²) in [5.74, 6) is -0.250. The van der Waals surface area contributed by atoms with Gasteiger partial charge in [0.25, 0.3) is 5.91 Å². The van der Waals surface area contributed by atoms with Gasteiger partial charge in [-0.15, -0.1) is 0 Å². The number of carbonyl (C=O) groups excluding carboxylic acids is 1. The molecule has 4 N–H and O–H groups in total. The average molecular weight is 544 g/mol. The van der Waals surface area contributed by atoms with Gasteiger partial charge in [-0.2, -0.15) is 5.10 Å². The smallest absolute Gasteiger partial charge is 0.279 e. The van der Waals surface area contributed by atoms with Crippen LogP contribution in [0.3, 0.4) is 0 Å². The lowest BCUT2D eigenvalue weighted by Gasteiger charge is -2.17. The van der Waals surface area contributed by atoms with Crippen molar-refractivity contribution in [3.05, 3.63) is 88.4 Å². The van der Waals surface area contributed by atoms with E-state index < -0.39 is 10.0 Å². The summed E-state index contributed by atoms with van der Waals surface area (Å²) in [7, 11) is -3.78. The Balaban J connectivity index is 1.52. The van der Waals surface area contributed by atoms with E-state index in [1.807, 2.05) is 48.5 Å². The van der Waals surface area contributed by atoms with Crippen molar-refractivity contribution in [2.75, 3.05) is 10.2 Å². The SMILES string of the molecule is NS(=O)(=O)c1ccc(NC(=S)NN=C2C(=O)N(Cc3ccccc3)c3cc(Br)ccc32)cc1. The number of primary sulfonamides is 1. The van der Waals surface area contributed by atoms with E-state index in [9.17, 15) is 13.2 Å². The van der Waals surface area contributed by atoms with E-state index in [2.05, 4.69) is 31.8 Å². The summed E-state index contributed by atoms with van der Waals surface area (Å²) in [6.45, 7) is 0.404. The Morgan fingerprint density at radius 3 is 2.42 bits per heavy atom. The molecule has 0 spiro atoms. The van der Waals surface area contributed by atoms with Crippen LogP contribution in [0.2, 0.25) is 0 Å². The first-order chi connectivity index (χ1) is 15.7. The molecule has 0 fully saturated rings. The molecule has 0 saturated carbocycles. The van der Waals surface area contributed by atoms with Crippen molar-refractivity contribution in [1.82, 2.24) is 5.43 Å². The fraction of sp³-hybridized carbons (Fsp3) is 0.0455. The molecule has 0 saturated heterocycles. The van der Waals surface area contributed by atoms with Gasteiger partial charge in [-0.25, -0.2) is 13.6 Å². The zero-order valence-corrected chi connectivity index (χ0v) is 20.2. The number of thiocarbonyl (C=S) groups is 1. The number of hydrazone groups is 1. The number of benzene rings is 3. The second-order valence-corrected chi connectivity index (χ2v) is 10.0. The van der Waals surface area contributed by atoms with Gasteiger partial charge in [0.15, 0.2) is 10.8 Å². The highest BCUT2D eigenvalue weighted by atomic mass is 79.9. The number of rotatable bonds is 5. The van der Waals surface area contributed by atoms with E-state index in [1.54, 1.807) is 4.90 Å². The maximum atomic E-state index is 13.2. The normalized spacial score (nSPS) is 14.3. The molecule has 11 heteroatoms. The number of hydrogen-bond donors (Lipinski definition) is 3. The molecule has 4 rings (SSSR count). The predicted octanol–water partition coefficient (Wildman–Crippen LogP) is 3.33. The van der Waals surface area contributed by atoms with Gasteiger partial charge in [0, 0.05) is 15.7 Å². The minimum atomic E-state index is -3.78. The average Bonchev–Trinajstić information content (AvgIpc) is 3.03. The molecule has 0 unspecified atom stereocenters. The highest BCUT2D eigenvalue weighted by Gasteiger charge is 2.34. The molecule has 1 amide bonds. The minimum absolute atomic E-state index is 0.00926. The van der Waals surface area contributed by atoms with Crippen LogP contribution >= 0.6 is 28.1 Å². The van der Waals surface area contributed by atoms with Crippen LogP contribution in [-0.2, 0) is 21.4 Å². The lowest BCUT2D eigenvalue weighted by Crippen LogP contribution is -2.32. The summed E-state index contributed by atoms with van der Waals surface area (Å²) in [5.41, 5.74) is 5.89. The number of hydrogen-bond acceptors (Lipinski definition) is 5. The molecule has 0 radical (unpaired) electrons. The number of nitrogens with zero attached hydrogens (tertiary/aromatic N) is 2. The molecule has 8 nitrogen and oxygen atoms in total. The third kappa shape index (κ3) is 5.28. The van der Waals surface area contributed by atoms with Crippen molar-refractivity contribution in [1.29, 1.82) is 0 Å². The Labute approximate surface area is 204 Å². The van der Waals surface area contributed by atoms with Gasteiger partial charge in [0.2, 0.25) is 10.0 Å². The quantitative estimate of drug-likeness (QED) is 0.335. The Morgan fingerprint density at radius 1 is 1.06 bits per heavy atom. The first-order valence-corrected chi connectivity index (χ1v) is 12.4. The molecule has 0 atom stereocenters. The number of halogens is 1. The molecule has 1 heterocycles. The van der Waals surface area contributed by atoms with E-state index in [0.29, 0.717) is 17.8 Å². The van der Waals surface area contributed by atoms with Gasteiger partial charge in [-0.05, 0) is 60.2 Å². The summed E-state index contributed by atoms with van der Waals surface area (Å²) < 4.78 is 23.6. The van der Waals surface area contributed by atoms with Crippen molar-refractivity contribution < 1.29 is 13.2 Å². The van der Waals surface area contributed by atoms with E-state index in [4.69, 9.17) is 17.4 Å². The molecular formula is C22H18BrN5O3S2. The lowest BCUT2D eigenvalue weighted by atomic mass is 10.1. The van der Waals surface area contributed by atoms with E-state index in [1.165, 1.54) is 24.3 Å². The Bertz CT molecular complexity index is 1360. The van der Waals surface area contributed by atoms with Crippen molar-refractivity contribution in [2.45, 2.75) is 11.4 Å². The number of carbonyl (C=O) groups is 1. The second kappa shape index (κ2) is 9.40. The van der Waals surface area contributed by atoms with Crippen molar-refractivity contribution in [3.63, 3.8) is 0 Å². The Morgan fingerprint density at radius 2 is 1.76 bits per heavy atom. The van der Waals surface area contributed by atoms with Crippen LogP contribution < -0.4 is 20.8 Å². The number of nitrogens with two attached hydrogens (primary N) is 1. The summed E-state index contributed by atoms with van der Waals surface area (Å²) in [6.07, 6.45) is 0. The van der Waals surface area contributed by atoms with Gasteiger partial charge >= 0.3 is 0 Å². The van der Waals surface area contributed by atoms with E-state index in [-0.39, 0.29) is 21.6 Å². The van der Waals surface area contributed by atoms with Crippen LogP contribution in [-0.4, -0.2) is 25.1 Å². The summed E-state index contributed by atoms with van der Waals surface area (Å²) in [6, 6.07) is 21.0. The number of amides is 1. The first kappa shape index (κ1) is 23.1. The third-order valence-electron chi connectivity index (χ3n) is 4.85. The van der Waals surface area contributed by atoms with Crippen LogP contribution in [0.1, 0.15) is 11.1 Å². The fourth-order valence-electron chi connectivity index (χ4n) is 3.31. The van der Waals surface area contributed by atoms with E-state index in [0.717, 1.165) is 15.7 Å². The van der Waals surface area contributed by atoms with Crippen LogP contribution in [0.4, 0.5) is 11.4 Å².